The van der Waals surface area contributed by atoms with Crippen LogP contribution < -0.4 is 9.64 Å². The van der Waals surface area contributed by atoms with Crippen LogP contribution in [0.25, 0.3) is 0 Å². The third-order valence-electron chi connectivity index (χ3n) is 5.16. The van der Waals surface area contributed by atoms with Gasteiger partial charge in [-0.2, -0.15) is 0 Å². The minimum atomic E-state index is -3.65. The van der Waals surface area contributed by atoms with Gasteiger partial charge in [-0.1, -0.05) is 0 Å². The van der Waals surface area contributed by atoms with Gasteiger partial charge in [-0.15, -0.1) is 0 Å². The largest absolute Gasteiger partial charge is 0.497 e. The van der Waals surface area contributed by atoms with Gasteiger partial charge >= 0.3 is 0 Å². The second kappa shape index (κ2) is 9.36. The van der Waals surface area contributed by atoms with E-state index in [1.807, 2.05) is 24.3 Å². The summed E-state index contributed by atoms with van der Waals surface area (Å²) in [5.74, 6) is 0.651. The Labute approximate surface area is 186 Å². The number of nitrogens with zero attached hydrogens (tertiary/aromatic N) is 3. The first-order valence-corrected chi connectivity index (χ1v) is 11.9. The molecule has 1 heterocycles. The van der Waals surface area contributed by atoms with Crippen LogP contribution in [0.4, 0.5) is 5.69 Å². The van der Waals surface area contributed by atoms with Crippen LogP contribution in [0.3, 0.4) is 0 Å². The van der Waals surface area contributed by atoms with Gasteiger partial charge in [-0.3, -0.25) is 4.79 Å². The maximum absolute atomic E-state index is 13.1. The van der Waals surface area contributed by atoms with Gasteiger partial charge in [0.15, 0.2) is 0 Å². The number of anilines is 1. The lowest BCUT2D eigenvalue weighted by Gasteiger charge is -2.24. The number of amides is 1. The van der Waals surface area contributed by atoms with Crippen molar-refractivity contribution in [2.75, 3.05) is 52.3 Å². The van der Waals surface area contributed by atoms with E-state index in [1.165, 1.54) is 20.2 Å². The first kappa shape index (κ1) is 22.6. The Morgan fingerprint density at radius 3 is 2.37 bits per heavy atom. The van der Waals surface area contributed by atoms with Crippen LogP contribution in [0.2, 0.25) is 0 Å². The van der Waals surface area contributed by atoms with E-state index in [4.69, 9.17) is 4.74 Å². The summed E-state index contributed by atoms with van der Waals surface area (Å²) < 4.78 is 31.9. The molecule has 2 aromatic carbocycles. The number of hydrogen-bond acceptors (Lipinski definition) is 5. The normalized spacial score (nSPS) is 15.2. The molecule has 3 rings (SSSR count). The second-order valence-electron chi connectivity index (χ2n) is 7.26. The van der Waals surface area contributed by atoms with Crippen molar-refractivity contribution in [1.82, 2.24) is 9.21 Å². The van der Waals surface area contributed by atoms with Crippen molar-refractivity contribution >= 4 is 37.5 Å². The zero-order valence-corrected chi connectivity index (χ0v) is 19.7. The van der Waals surface area contributed by atoms with Crippen molar-refractivity contribution < 1.29 is 17.9 Å². The Bertz CT molecular complexity index is 1010. The van der Waals surface area contributed by atoms with Gasteiger partial charge in [0.1, 0.15) is 5.75 Å². The molecule has 0 saturated carbocycles. The molecule has 1 aliphatic rings. The Hall–Kier alpha value is -2.10. The number of halogens is 1. The fourth-order valence-corrected chi connectivity index (χ4v) is 5.23. The number of sulfonamides is 1. The summed E-state index contributed by atoms with van der Waals surface area (Å²) in [6.07, 6.45) is 0.831. The summed E-state index contributed by atoms with van der Waals surface area (Å²) in [6.45, 7) is 2.74. The molecule has 0 unspecified atom stereocenters. The lowest BCUT2D eigenvalue weighted by Crippen LogP contribution is -2.35. The van der Waals surface area contributed by atoms with E-state index in [9.17, 15) is 13.2 Å². The molecule has 1 amide bonds. The molecule has 162 valence electrons. The Kier molecular flexibility index (Phi) is 7.05. The molecule has 7 nitrogen and oxygen atoms in total. The smallest absolute Gasteiger partial charge is 0.253 e. The van der Waals surface area contributed by atoms with Gasteiger partial charge in [-0.25, -0.2) is 12.7 Å². The molecule has 0 aliphatic carbocycles. The minimum Gasteiger partial charge on any atom is -0.497 e. The SMILES string of the molecule is COc1ccc(N2CCCN(C(=O)c3ccc(Br)c(S(=O)(=O)N(C)C)c3)CC2)cc1. The lowest BCUT2D eigenvalue weighted by atomic mass is 10.2. The number of carbonyl (C=O) groups excluding carboxylic acids is 1. The fraction of sp³-hybridized carbons (Fsp3) is 0.381. The molecule has 0 atom stereocenters. The highest BCUT2D eigenvalue weighted by Gasteiger charge is 2.25. The van der Waals surface area contributed by atoms with Gasteiger partial charge < -0.3 is 14.5 Å². The maximum Gasteiger partial charge on any atom is 0.253 e. The van der Waals surface area contributed by atoms with E-state index in [-0.39, 0.29) is 10.8 Å². The second-order valence-corrected chi connectivity index (χ2v) is 10.2. The van der Waals surface area contributed by atoms with E-state index in [0.29, 0.717) is 29.7 Å². The average Bonchev–Trinajstić information content (AvgIpc) is 2.99. The summed E-state index contributed by atoms with van der Waals surface area (Å²) in [7, 11) is 0.928. The Morgan fingerprint density at radius 1 is 1.03 bits per heavy atom. The molecular weight excluding hydrogens is 470 g/mol. The molecule has 0 radical (unpaired) electrons. The van der Waals surface area contributed by atoms with Crippen molar-refractivity contribution in [3.63, 3.8) is 0 Å². The molecule has 1 fully saturated rings. The molecule has 1 saturated heterocycles. The van der Waals surface area contributed by atoms with Gasteiger partial charge in [0, 0.05) is 56.0 Å². The molecule has 0 bridgehead atoms. The van der Waals surface area contributed by atoms with Crippen molar-refractivity contribution in [2.24, 2.45) is 0 Å². The topological polar surface area (TPSA) is 70.2 Å². The van der Waals surface area contributed by atoms with Crippen LogP contribution in [0.5, 0.6) is 5.75 Å². The standard InChI is InChI=1S/C21H26BrN3O4S/c1-23(2)30(27,28)20-15-16(5-10-19(20)22)21(26)25-12-4-11-24(13-14-25)17-6-8-18(29-3)9-7-17/h5-10,15H,4,11-14H2,1-3H3. The Balaban J connectivity index is 1.76. The van der Waals surface area contributed by atoms with Crippen molar-refractivity contribution in [3.8, 4) is 5.75 Å². The van der Waals surface area contributed by atoms with Crippen LogP contribution >= 0.6 is 15.9 Å². The first-order chi connectivity index (χ1) is 14.2. The third-order valence-corrected chi connectivity index (χ3v) is 7.97. The van der Waals surface area contributed by atoms with Gasteiger partial charge in [-0.05, 0) is 64.8 Å². The number of benzene rings is 2. The molecule has 0 spiro atoms. The van der Waals surface area contributed by atoms with Crippen molar-refractivity contribution in [1.29, 1.82) is 0 Å². The quantitative estimate of drug-likeness (QED) is 0.637. The molecule has 9 heteroatoms. The van der Waals surface area contributed by atoms with Crippen LogP contribution in [-0.2, 0) is 10.0 Å². The lowest BCUT2D eigenvalue weighted by molar-refractivity contribution is 0.0766. The Morgan fingerprint density at radius 2 is 1.73 bits per heavy atom. The summed E-state index contributed by atoms with van der Waals surface area (Å²) in [6, 6.07) is 12.6. The molecule has 2 aromatic rings. The van der Waals surface area contributed by atoms with Crippen molar-refractivity contribution in [2.45, 2.75) is 11.3 Å². The number of methoxy groups -OCH3 is 1. The summed E-state index contributed by atoms with van der Waals surface area (Å²) in [4.78, 5) is 17.2. The maximum atomic E-state index is 13.1. The van der Waals surface area contributed by atoms with E-state index in [1.54, 1.807) is 24.1 Å². The molecular formula is C21H26BrN3O4S. The van der Waals surface area contributed by atoms with Crippen LogP contribution in [-0.4, -0.2) is 70.9 Å². The minimum absolute atomic E-state index is 0.0908. The highest BCUT2D eigenvalue weighted by Crippen LogP contribution is 2.26. The van der Waals surface area contributed by atoms with Crippen molar-refractivity contribution in [3.05, 3.63) is 52.5 Å². The average molecular weight is 496 g/mol. The number of rotatable bonds is 5. The highest BCUT2D eigenvalue weighted by atomic mass is 79.9. The van der Waals surface area contributed by atoms with E-state index >= 15 is 0 Å². The van der Waals surface area contributed by atoms with Crippen LogP contribution in [0.1, 0.15) is 16.8 Å². The zero-order valence-electron chi connectivity index (χ0n) is 17.3. The fourth-order valence-electron chi connectivity index (χ4n) is 3.39. The first-order valence-electron chi connectivity index (χ1n) is 9.64. The number of carbonyl (C=O) groups is 1. The summed E-state index contributed by atoms with van der Waals surface area (Å²) in [5, 5.41) is 0. The predicted molar refractivity (Wildman–Crippen MR) is 121 cm³/mol. The molecule has 0 N–H and O–H groups in total. The predicted octanol–water partition coefficient (Wildman–Crippen LogP) is 3.06. The molecule has 0 aromatic heterocycles. The summed E-state index contributed by atoms with van der Waals surface area (Å²) >= 11 is 3.29. The van der Waals surface area contributed by atoms with E-state index in [0.717, 1.165) is 28.7 Å². The van der Waals surface area contributed by atoms with Gasteiger partial charge in [0.05, 0.1) is 12.0 Å². The van der Waals surface area contributed by atoms with Crippen LogP contribution in [0.15, 0.2) is 51.8 Å². The molecule has 1 aliphatic heterocycles. The van der Waals surface area contributed by atoms with Gasteiger partial charge in [0.2, 0.25) is 10.0 Å². The highest BCUT2D eigenvalue weighted by molar-refractivity contribution is 9.10. The molecule has 30 heavy (non-hydrogen) atoms. The third kappa shape index (κ3) is 4.79. The number of ether oxygens (including phenoxy) is 1. The van der Waals surface area contributed by atoms with E-state index < -0.39 is 10.0 Å². The van der Waals surface area contributed by atoms with E-state index in [2.05, 4.69) is 20.8 Å². The van der Waals surface area contributed by atoms with Gasteiger partial charge in [0.25, 0.3) is 5.91 Å². The van der Waals surface area contributed by atoms with Crippen LogP contribution in [0, 0.1) is 0 Å². The monoisotopic (exact) mass is 495 g/mol. The zero-order chi connectivity index (χ0) is 21.9. The number of hydrogen-bond donors (Lipinski definition) is 0. The summed E-state index contributed by atoms with van der Waals surface area (Å²) in [5.41, 5.74) is 1.46.